The quantitative estimate of drug-likeness (QED) is 0.557. The number of aryl methyl sites for hydroxylation is 1. The first-order valence-electron chi connectivity index (χ1n) is 9.67. The number of amides is 1. The lowest BCUT2D eigenvalue weighted by atomic mass is 10.1. The molecule has 3 aromatic rings. The molecule has 0 aliphatic heterocycles. The van der Waals surface area contributed by atoms with Crippen LogP contribution >= 0.6 is 0 Å². The number of methoxy groups -OCH3 is 3. The Balaban J connectivity index is 1.90. The van der Waals surface area contributed by atoms with Gasteiger partial charge >= 0.3 is 5.97 Å². The predicted octanol–water partition coefficient (Wildman–Crippen LogP) is 3.38. The van der Waals surface area contributed by atoms with E-state index in [4.69, 9.17) is 14.2 Å². The molecule has 8 heteroatoms. The molecule has 0 atom stereocenters. The third kappa shape index (κ3) is 5.14. The normalized spacial score (nSPS) is 10.7. The molecular weight excluding hydrogens is 403 g/mol. The van der Waals surface area contributed by atoms with Crippen LogP contribution in [0.2, 0.25) is 0 Å². The van der Waals surface area contributed by atoms with Crippen LogP contribution in [0, 0.1) is 12.7 Å². The third-order valence-electron chi connectivity index (χ3n) is 5.09. The number of rotatable bonds is 8. The Morgan fingerprint density at radius 3 is 2.32 bits per heavy atom. The van der Waals surface area contributed by atoms with E-state index in [9.17, 15) is 14.0 Å². The number of aromatic nitrogens is 1. The number of aromatic amines is 1. The van der Waals surface area contributed by atoms with E-state index in [1.165, 1.54) is 38.4 Å². The van der Waals surface area contributed by atoms with Crippen molar-refractivity contribution < 1.29 is 28.2 Å². The SMILES string of the molecule is COC(=O)CN(Cc1cc(OC)cc(OC)c1)C(=O)Cc1c(C)[nH]c2ccc(F)cc12. The summed E-state index contributed by atoms with van der Waals surface area (Å²) in [5, 5.41) is 0.645. The van der Waals surface area contributed by atoms with Crippen molar-refractivity contribution in [3.05, 3.63) is 59.0 Å². The number of nitrogens with one attached hydrogen (secondary N) is 1. The summed E-state index contributed by atoms with van der Waals surface area (Å²) in [6, 6.07) is 9.67. The van der Waals surface area contributed by atoms with Gasteiger partial charge in [0, 0.05) is 29.2 Å². The average Bonchev–Trinajstić information content (AvgIpc) is 3.07. The molecule has 7 nitrogen and oxygen atoms in total. The topological polar surface area (TPSA) is 80.9 Å². The number of esters is 1. The monoisotopic (exact) mass is 428 g/mol. The Kier molecular flexibility index (Phi) is 6.79. The zero-order chi connectivity index (χ0) is 22.5. The Bertz CT molecular complexity index is 1090. The second-order valence-corrected chi connectivity index (χ2v) is 7.14. The molecule has 1 N–H and O–H groups in total. The second kappa shape index (κ2) is 9.51. The highest BCUT2D eigenvalue weighted by molar-refractivity contribution is 5.91. The van der Waals surface area contributed by atoms with E-state index in [0.29, 0.717) is 22.4 Å². The molecule has 0 saturated heterocycles. The number of benzene rings is 2. The van der Waals surface area contributed by atoms with Crippen LogP contribution in [-0.4, -0.2) is 49.6 Å². The zero-order valence-corrected chi connectivity index (χ0v) is 18.0. The first-order valence-corrected chi connectivity index (χ1v) is 9.67. The van der Waals surface area contributed by atoms with Crippen LogP contribution in [-0.2, 0) is 27.3 Å². The van der Waals surface area contributed by atoms with Gasteiger partial charge in [0.1, 0.15) is 23.9 Å². The van der Waals surface area contributed by atoms with E-state index in [0.717, 1.165) is 16.8 Å². The van der Waals surface area contributed by atoms with Crippen LogP contribution in [0.25, 0.3) is 10.9 Å². The van der Waals surface area contributed by atoms with Gasteiger partial charge in [-0.25, -0.2) is 4.39 Å². The fraction of sp³-hybridized carbons (Fsp3) is 0.304. The Morgan fingerprint density at radius 1 is 1.03 bits per heavy atom. The van der Waals surface area contributed by atoms with Gasteiger partial charge in [0.15, 0.2) is 0 Å². The van der Waals surface area contributed by atoms with Gasteiger partial charge in [0.2, 0.25) is 5.91 Å². The molecule has 0 spiro atoms. The number of carbonyl (C=O) groups excluding carboxylic acids is 2. The number of carbonyl (C=O) groups is 2. The van der Waals surface area contributed by atoms with Crippen LogP contribution in [0.1, 0.15) is 16.8 Å². The minimum atomic E-state index is -0.537. The standard InChI is InChI=1S/C23H25FN2O5/c1-14-19(20-9-16(24)5-6-21(20)25-14)11-22(27)26(13-23(28)31-4)12-15-7-17(29-2)10-18(8-15)30-3/h5-10,25H,11-13H2,1-4H3. The molecule has 0 saturated carbocycles. The molecule has 0 bridgehead atoms. The van der Waals surface area contributed by atoms with Crippen LogP contribution in [0.4, 0.5) is 4.39 Å². The molecule has 0 radical (unpaired) electrons. The van der Waals surface area contributed by atoms with Gasteiger partial charge in [0.25, 0.3) is 0 Å². The second-order valence-electron chi connectivity index (χ2n) is 7.14. The summed E-state index contributed by atoms with van der Waals surface area (Å²) in [4.78, 5) is 29.7. The maximum Gasteiger partial charge on any atom is 0.325 e. The van der Waals surface area contributed by atoms with Gasteiger partial charge in [-0.15, -0.1) is 0 Å². The summed E-state index contributed by atoms with van der Waals surface area (Å²) in [6.07, 6.45) is 0.00733. The van der Waals surface area contributed by atoms with Gasteiger partial charge < -0.3 is 24.1 Å². The van der Waals surface area contributed by atoms with Crippen molar-refractivity contribution in [1.29, 1.82) is 0 Å². The van der Waals surface area contributed by atoms with Crippen molar-refractivity contribution in [2.45, 2.75) is 19.9 Å². The van der Waals surface area contributed by atoms with E-state index >= 15 is 0 Å². The molecule has 2 aromatic carbocycles. The largest absolute Gasteiger partial charge is 0.497 e. The van der Waals surface area contributed by atoms with Gasteiger partial charge in [0.05, 0.1) is 27.8 Å². The molecule has 31 heavy (non-hydrogen) atoms. The summed E-state index contributed by atoms with van der Waals surface area (Å²) < 4.78 is 29.1. The summed E-state index contributed by atoms with van der Waals surface area (Å²) in [6.45, 7) is 1.76. The molecule has 1 aromatic heterocycles. The van der Waals surface area contributed by atoms with Crippen LogP contribution in [0.5, 0.6) is 11.5 Å². The molecule has 1 heterocycles. The molecule has 0 aliphatic carbocycles. The number of ether oxygens (including phenoxy) is 3. The van der Waals surface area contributed by atoms with Gasteiger partial charge in [-0.2, -0.15) is 0 Å². The minimum Gasteiger partial charge on any atom is -0.497 e. The lowest BCUT2D eigenvalue weighted by Crippen LogP contribution is -2.36. The van der Waals surface area contributed by atoms with E-state index < -0.39 is 5.97 Å². The van der Waals surface area contributed by atoms with Crippen molar-refractivity contribution >= 4 is 22.8 Å². The van der Waals surface area contributed by atoms with Crippen molar-refractivity contribution in [3.63, 3.8) is 0 Å². The predicted molar refractivity (Wildman–Crippen MR) is 114 cm³/mol. The summed E-state index contributed by atoms with van der Waals surface area (Å²) in [5.41, 5.74) is 2.95. The molecule has 3 rings (SSSR count). The zero-order valence-electron chi connectivity index (χ0n) is 18.0. The number of halogens is 1. The number of hydrogen-bond donors (Lipinski definition) is 1. The number of H-pyrrole nitrogens is 1. The first-order chi connectivity index (χ1) is 14.8. The van der Waals surface area contributed by atoms with Crippen molar-refractivity contribution in [2.24, 2.45) is 0 Å². The molecule has 0 fully saturated rings. The van der Waals surface area contributed by atoms with Crippen LogP contribution in [0.3, 0.4) is 0 Å². The van der Waals surface area contributed by atoms with Crippen molar-refractivity contribution in [2.75, 3.05) is 27.9 Å². The molecule has 0 aliphatic rings. The number of fused-ring (bicyclic) bond motifs is 1. The average molecular weight is 428 g/mol. The highest BCUT2D eigenvalue weighted by Gasteiger charge is 2.22. The smallest absolute Gasteiger partial charge is 0.325 e. The third-order valence-corrected chi connectivity index (χ3v) is 5.09. The van der Waals surface area contributed by atoms with Crippen molar-refractivity contribution in [1.82, 2.24) is 9.88 Å². The highest BCUT2D eigenvalue weighted by atomic mass is 19.1. The van der Waals surface area contributed by atoms with Crippen LogP contribution < -0.4 is 9.47 Å². The Morgan fingerprint density at radius 2 is 1.71 bits per heavy atom. The minimum absolute atomic E-state index is 0.00733. The maximum atomic E-state index is 13.8. The first kappa shape index (κ1) is 22.1. The number of nitrogens with zero attached hydrogens (tertiary/aromatic N) is 1. The number of hydrogen-bond acceptors (Lipinski definition) is 5. The maximum absolute atomic E-state index is 13.8. The molecule has 164 valence electrons. The van der Waals surface area contributed by atoms with Gasteiger partial charge in [-0.3, -0.25) is 9.59 Å². The highest BCUT2D eigenvalue weighted by Crippen LogP contribution is 2.26. The van der Waals surface area contributed by atoms with E-state index in [1.54, 1.807) is 24.3 Å². The fourth-order valence-corrected chi connectivity index (χ4v) is 3.48. The Labute approximate surface area is 179 Å². The van der Waals surface area contributed by atoms with E-state index in [2.05, 4.69) is 4.98 Å². The van der Waals surface area contributed by atoms with E-state index in [1.807, 2.05) is 6.92 Å². The molecular formula is C23H25FN2O5. The van der Waals surface area contributed by atoms with E-state index in [-0.39, 0.29) is 31.2 Å². The van der Waals surface area contributed by atoms with Gasteiger partial charge in [-0.05, 0) is 48.4 Å². The lowest BCUT2D eigenvalue weighted by molar-refractivity contribution is -0.147. The molecule has 0 unspecified atom stereocenters. The Hall–Kier alpha value is -3.55. The molecule has 1 amide bonds. The van der Waals surface area contributed by atoms with Gasteiger partial charge in [-0.1, -0.05) is 0 Å². The lowest BCUT2D eigenvalue weighted by Gasteiger charge is -2.22. The summed E-state index contributed by atoms with van der Waals surface area (Å²) in [7, 11) is 4.34. The van der Waals surface area contributed by atoms with Crippen molar-refractivity contribution in [3.8, 4) is 11.5 Å². The fourth-order valence-electron chi connectivity index (χ4n) is 3.48. The summed E-state index contributed by atoms with van der Waals surface area (Å²) >= 11 is 0. The summed E-state index contributed by atoms with van der Waals surface area (Å²) in [5.74, 6) is -0.0639. The van der Waals surface area contributed by atoms with Crippen LogP contribution in [0.15, 0.2) is 36.4 Å².